The first-order chi connectivity index (χ1) is 50.7. The van der Waals surface area contributed by atoms with Gasteiger partial charge < -0.3 is 33.8 Å². The normalized spacial score (nSPS) is 14.3. The molecule has 0 heterocycles. The number of carbonyl (C=O) groups excluding carboxylic acids is 4. The Kier molecular flexibility index (Phi) is 74.6. The van der Waals surface area contributed by atoms with Crippen molar-refractivity contribution in [2.24, 2.45) is 0 Å². The zero-order valence-corrected chi connectivity index (χ0v) is 68.0. The van der Waals surface area contributed by atoms with Crippen molar-refractivity contribution in [1.82, 2.24) is 0 Å². The lowest BCUT2D eigenvalue weighted by Gasteiger charge is -2.21. The molecular formula is C85H152O17P2. The van der Waals surface area contributed by atoms with Gasteiger partial charge in [0.05, 0.1) is 26.4 Å². The van der Waals surface area contributed by atoms with E-state index in [0.29, 0.717) is 32.1 Å². The number of aliphatic hydroxyl groups excluding tert-OH is 1. The minimum Gasteiger partial charge on any atom is -0.462 e. The number of unbranched alkanes of at least 4 members (excludes halogenated alkanes) is 39. The molecule has 0 amide bonds. The van der Waals surface area contributed by atoms with E-state index in [4.69, 9.17) is 37.0 Å². The fourth-order valence-corrected chi connectivity index (χ4v) is 13.0. The lowest BCUT2D eigenvalue weighted by Crippen LogP contribution is -2.30. The first-order valence-electron chi connectivity index (χ1n) is 41.8. The molecule has 0 aromatic rings. The molecule has 0 aliphatic heterocycles. The van der Waals surface area contributed by atoms with Crippen LogP contribution in [0.2, 0.25) is 0 Å². The minimum absolute atomic E-state index is 0.0220. The van der Waals surface area contributed by atoms with Gasteiger partial charge in [0.1, 0.15) is 19.3 Å². The van der Waals surface area contributed by atoms with E-state index in [9.17, 15) is 43.2 Å². The molecule has 2 unspecified atom stereocenters. The predicted octanol–water partition coefficient (Wildman–Crippen LogP) is 24.6. The van der Waals surface area contributed by atoms with Crippen LogP contribution in [0.5, 0.6) is 0 Å². The molecule has 19 heteroatoms. The summed E-state index contributed by atoms with van der Waals surface area (Å²) >= 11 is 0. The van der Waals surface area contributed by atoms with Crippen LogP contribution in [-0.4, -0.2) is 96.7 Å². The Balaban J connectivity index is 5.40. The van der Waals surface area contributed by atoms with Crippen LogP contribution in [0.1, 0.15) is 374 Å². The van der Waals surface area contributed by atoms with Crippen LogP contribution in [-0.2, 0) is 65.4 Å². The summed E-state index contributed by atoms with van der Waals surface area (Å²) in [7, 11) is -9.98. The van der Waals surface area contributed by atoms with Crippen molar-refractivity contribution in [3.63, 3.8) is 0 Å². The molecule has 0 bridgehead atoms. The van der Waals surface area contributed by atoms with Crippen LogP contribution < -0.4 is 0 Å². The second-order valence-corrected chi connectivity index (χ2v) is 31.0. The SMILES string of the molecule is CCCCC/C=C\C/C=C\C/C=C\C/C=C\CCCC(=O)O[C@H](COC(=O)CCCCCCCCCCCCCCCCCCC)COP(=O)(O)OC[C@H](O)COP(=O)(O)OC[C@@H](COC(=O)CCCCCCC/C=C\CCCCCCCC)OC(=O)CCCCCCC/C=C\C/C=C\CCCCC. The van der Waals surface area contributed by atoms with Crippen molar-refractivity contribution in [2.75, 3.05) is 39.6 Å². The quantitative estimate of drug-likeness (QED) is 0.0169. The number of carbonyl (C=O) groups is 4. The largest absolute Gasteiger partial charge is 0.472 e. The van der Waals surface area contributed by atoms with Crippen molar-refractivity contribution in [3.05, 3.63) is 85.1 Å². The number of ether oxygens (including phenoxy) is 4. The molecule has 0 fully saturated rings. The first kappa shape index (κ1) is 100. The number of phosphoric ester groups is 2. The predicted molar refractivity (Wildman–Crippen MR) is 427 cm³/mol. The van der Waals surface area contributed by atoms with E-state index >= 15 is 0 Å². The summed E-state index contributed by atoms with van der Waals surface area (Å²) in [5.74, 6) is -2.24. The Morgan fingerprint density at radius 2 is 0.481 bits per heavy atom. The van der Waals surface area contributed by atoms with Crippen LogP contribution in [0.25, 0.3) is 0 Å². The van der Waals surface area contributed by atoms with E-state index in [1.54, 1.807) is 0 Å². The number of rotatable bonds is 79. The Labute approximate surface area is 634 Å². The highest BCUT2D eigenvalue weighted by molar-refractivity contribution is 7.47. The summed E-state index contributed by atoms with van der Waals surface area (Å²) < 4.78 is 68.7. The van der Waals surface area contributed by atoms with Crippen molar-refractivity contribution < 1.29 is 80.2 Å². The van der Waals surface area contributed by atoms with Gasteiger partial charge in [-0.15, -0.1) is 0 Å². The van der Waals surface area contributed by atoms with Gasteiger partial charge in [-0.1, -0.05) is 312 Å². The summed E-state index contributed by atoms with van der Waals surface area (Å²) in [4.78, 5) is 73.1. The lowest BCUT2D eigenvalue weighted by atomic mass is 10.0. The van der Waals surface area contributed by atoms with E-state index in [2.05, 4.69) is 101 Å². The lowest BCUT2D eigenvalue weighted by molar-refractivity contribution is -0.161. The zero-order chi connectivity index (χ0) is 76.0. The molecule has 17 nitrogen and oxygen atoms in total. The summed E-state index contributed by atoms with van der Waals surface area (Å²) in [5.41, 5.74) is 0. The molecule has 0 aliphatic rings. The first-order valence-corrected chi connectivity index (χ1v) is 44.8. The number of aliphatic hydroxyl groups is 1. The molecule has 3 N–H and O–H groups in total. The van der Waals surface area contributed by atoms with Crippen molar-refractivity contribution >= 4 is 39.5 Å². The molecule has 5 atom stereocenters. The van der Waals surface area contributed by atoms with Crippen molar-refractivity contribution in [3.8, 4) is 0 Å². The molecule has 0 spiro atoms. The van der Waals surface area contributed by atoms with E-state index in [0.717, 1.165) is 128 Å². The fourth-order valence-electron chi connectivity index (χ4n) is 11.4. The number of hydrogen-bond donors (Lipinski definition) is 3. The van der Waals surface area contributed by atoms with E-state index in [1.165, 1.54) is 161 Å². The van der Waals surface area contributed by atoms with Crippen LogP contribution in [0.4, 0.5) is 0 Å². The highest BCUT2D eigenvalue weighted by Gasteiger charge is 2.30. The number of phosphoric acid groups is 2. The maximum atomic E-state index is 13.1. The second kappa shape index (κ2) is 77.4. The fraction of sp³-hybridized carbons (Fsp3) is 0.788. The van der Waals surface area contributed by atoms with Gasteiger partial charge in [-0.05, 0) is 122 Å². The van der Waals surface area contributed by atoms with Crippen LogP contribution in [0, 0.1) is 0 Å². The molecule has 0 radical (unpaired) electrons. The number of allylic oxidation sites excluding steroid dienone is 14. The van der Waals surface area contributed by atoms with Gasteiger partial charge in [-0.2, -0.15) is 0 Å². The third-order valence-corrected chi connectivity index (χ3v) is 19.7. The Bertz CT molecular complexity index is 2300. The topological polar surface area (TPSA) is 237 Å². The van der Waals surface area contributed by atoms with Gasteiger partial charge in [-0.25, -0.2) is 9.13 Å². The Morgan fingerprint density at radius 1 is 0.269 bits per heavy atom. The minimum atomic E-state index is -4.99. The van der Waals surface area contributed by atoms with Gasteiger partial charge in [0.2, 0.25) is 0 Å². The maximum Gasteiger partial charge on any atom is 0.472 e. The second-order valence-electron chi connectivity index (χ2n) is 28.1. The summed E-state index contributed by atoms with van der Waals surface area (Å²) in [5, 5.41) is 10.7. The summed E-state index contributed by atoms with van der Waals surface area (Å²) in [6.45, 7) is 4.80. The molecule has 0 rings (SSSR count). The van der Waals surface area contributed by atoms with Crippen molar-refractivity contribution in [2.45, 2.75) is 393 Å². The third-order valence-electron chi connectivity index (χ3n) is 17.8. The monoisotopic (exact) mass is 1510 g/mol. The van der Waals surface area contributed by atoms with E-state index in [-0.39, 0.29) is 25.7 Å². The highest BCUT2D eigenvalue weighted by Crippen LogP contribution is 2.45. The van der Waals surface area contributed by atoms with Crippen LogP contribution in [0.3, 0.4) is 0 Å². The standard InChI is InChI=1S/C85H152O17P2/c1-5-9-13-17-21-25-29-33-37-39-43-46-50-54-58-62-66-70-83(88)96-76-81(102-85(90)72-68-64-60-56-52-48-44-40-38-34-30-26-22-18-14-10-6-2)78-100-104(93,94)98-74-79(86)73-97-103(91,92)99-77-80(101-84(89)71-67-63-59-55-51-47-42-36-32-28-24-20-16-12-8-4)75-95-82(87)69-65-61-57-53-49-45-41-35-31-27-23-19-15-11-7-3/h22,24,26,28,34-36,38,41-42,44,48,56,60,79-81,86H,5-21,23,25,27,29-33,37,39-40,43,45-47,49-55,57-59,61-78H2,1-4H3,(H,91,92)(H,93,94)/b26-22-,28-24-,38-34-,41-35-,42-36-,48-44-,60-56-/t79-,80-,81-/m1/s1. The third kappa shape index (κ3) is 76.4. The molecule has 0 aromatic heterocycles. The van der Waals surface area contributed by atoms with Gasteiger partial charge >= 0.3 is 39.5 Å². The Hall–Kier alpha value is -3.76. The van der Waals surface area contributed by atoms with Crippen molar-refractivity contribution in [1.29, 1.82) is 0 Å². The van der Waals surface area contributed by atoms with Gasteiger partial charge in [0.15, 0.2) is 12.2 Å². The molecule has 0 aliphatic carbocycles. The van der Waals surface area contributed by atoms with Gasteiger partial charge in [0.25, 0.3) is 0 Å². The smallest absolute Gasteiger partial charge is 0.462 e. The molecule has 104 heavy (non-hydrogen) atoms. The average molecular weight is 1510 g/mol. The van der Waals surface area contributed by atoms with Crippen LogP contribution >= 0.6 is 15.6 Å². The van der Waals surface area contributed by atoms with E-state index < -0.39 is 97.5 Å². The Morgan fingerprint density at radius 3 is 0.788 bits per heavy atom. The zero-order valence-electron chi connectivity index (χ0n) is 66.2. The summed E-state index contributed by atoms with van der Waals surface area (Å²) in [6, 6.07) is 0. The maximum absolute atomic E-state index is 13.1. The number of esters is 4. The van der Waals surface area contributed by atoms with Gasteiger partial charge in [0, 0.05) is 25.7 Å². The molecule has 0 aromatic carbocycles. The number of hydrogen-bond acceptors (Lipinski definition) is 15. The van der Waals surface area contributed by atoms with Gasteiger partial charge in [-0.3, -0.25) is 37.3 Å². The molecule has 604 valence electrons. The average Bonchev–Trinajstić information content (AvgIpc) is 1.04. The van der Waals surface area contributed by atoms with E-state index in [1.807, 2.05) is 12.2 Å². The van der Waals surface area contributed by atoms with Crippen LogP contribution in [0.15, 0.2) is 85.1 Å². The summed E-state index contributed by atoms with van der Waals surface area (Å²) in [6.07, 6.45) is 81.3. The highest BCUT2D eigenvalue weighted by atomic mass is 31.2. The molecular weight excluding hydrogens is 1350 g/mol. The molecule has 0 saturated carbocycles. The molecule has 0 saturated heterocycles.